The molecule has 2 N–H and O–H groups in total. The summed E-state index contributed by atoms with van der Waals surface area (Å²) in [5, 5.41) is 12.6. The summed E-state index contributed by atoms with van der Waals surface area (Å²) in [6.07, 6.45) is 0.848. The van der Waals surface area contributed by atoms with E-state index >= 15 is 0 Å². The first-order valence-electron chi connectivity index (χ1n) is 12.1. The highest BCUT2D eigenvalue weighted by molar-refractivity contribution is 6.30. The van der Waals surface area contributed by atoms with Crippen LogP contribution in [0.15, 0.2) is 72.8 Å². The molecule has 0 radical (unpaired) electrons. The van der Waals surface area contributed by atoms with Crippen molar-refractivity contribution in [1.82, 2.24) is 10.2 Å². The van der Waals surface area contributed by atoms with E-state index in [4.69, 9.17) is 26.2 Å². The van der Waals surface area contributed by atoms with Crippen LogP contribution in [0.4, 0.5) is 0 Å². The molecule has 8 heteroatoms. The number of amides is 2. The van der Waals surface area contributed by atoms with Crippen molar-refractivity contribution in [3.63, 3.8) is 0 Å². The number of aliphatic hydroxyl groups excluding tert-OH is 1. The Hall–Kier alpha value is -3.55. The van der Waals surface area contributed by atoms with E-state index in [1.165, 1.54) is 0 Å². The minimum Gasteiger partial charge on any atom is -0.493 e. The molecular formula is C29H33ClN2O5. The van der Waals surface area contributed by atoms with E-state index in [2.05, 4.69) is 5.32 Å². The summed E-state index contributed by atoms with van der Waals surface area (Å²) in [5.74, 6) is 0.619. The number of benzene rings is 3. The third-order valence-corrected chi connectivity index (χ3v) is 6.23. The molecule has 0 spiro atoms. The van der Waals surface area contributed by atoms with Gasteiger partial charge in [-0.15, -0.1) is 0 Å². The number of carbonyl (C=O) groups excluding carboxylic acids is 2. The maximum atomic E-state index is 13.8. The molecule has 0 saturated carbocycles. The van der Waals surface area contributed by atoms with Crippen LogP contribution in [0, 0.1) is 0 Å². The zero-order valence-electron chi connectivity index (χ0n) is 21.2. The fourth-order valence-electron chi connectivity index (χ4n) is 4.02. The Kier molecular flexibility index (Phi) is 10.8. The molecule has 0 saturated heterocycles. The molecule has 1 atom stereocenters. The van der Waals surface area contributed by atoms with E-state index < -0.39 is 6.04 Å². The van der Waals surface area contributed by atoms with Crippen molar-refractivity contribution in [1.29, 1.82) is 0 Å². The quantitative estimate of drug-likeness (QED) is 0.329. The maximum absolute atomic E-state index is 13.8. The second-order valence-corrected chi connectivity index (χ2v) is 9.02. The summed E-state index contributed by atoms with van der Waals surface area (Å²) in [4.78, 5) is 28.8. The largest absolute Gasteiger partial charge is 0.493 e. The number of methoxy groups -OCH3 is 2. The molecule has 3 rings (SSSR count). The Morgan fingerprint density at radius 1 is 0.919 bits per heavy atom. The Balaban J connectivity index is 1.95. The lowest BCUT2D eigenvalue weighted by Gasteiger charge is -2.32. The molecule has 0 aliphatic rings. The van der Waals surface area contributed by atoms with E-state index in [9.17, 15) is 9.59 Å². The molecule has 2 amide bonds. The number of aliphatic hydroxyl groups is 1. The van der Waals surface area contributed by atoms with E-state index in [1.54, 1.807) is 43.4 Å². The van der Waals surface area contributed by atoms with Gasteiger partial charge in [-0.1, -0.05) is 60.1 Å². The molecule has 3 aromatic rings. The van der Waals surface area contributed by atoms with Gasteiger partial charge < -0.3 is 24.8 Å². The zero-order valence-corrected chi connectivity index (χ0v) is 21.9. The SMILES string of the molecule is COc1ccc(CC(=O)N(Cc2ccc(Cl)cc2)[C@H](Cc2ccccc2)C(=O)NCCCO)cc1OC. The van der Waals surface area contributed by atoms with E-state index in [0.717, 1.165) is 16.7 Å². The molecule has 0 bridgehead atoms. The lowest BCUT2D eigenvalue weighted by Crippen LogP contribution is -2.51. The van der Waals surface area contributed by atoms with Gasteiger partial charge >= 0.3 is 0 Å². The van der Waals surface area contributed by atoms with Crippen LogP contribution in [-0.2, 0) is 29.0 Å². The zero-order chi connectivity index (χ0) is 26.6. The summed E-state index contributed by atoms with van der Waals surface area (Å²) in [6, 6.07) is 21.4. The van der Waals surface area contributed by atoms with Gasteiger partial charge in [-0.25, -0.2) is 0 Å². The summed E-state index contributed by atoms with van der Waals surface area (Å²) >= 11 is 6.08. The van der Waals surface area contributed by atoms with Gasteiger partial charge in [0.05, 0.1) is 20.6 Å². The van der Waals surface area contributed by atoms with Crippen LogP contribution in [0.1, 0.15) is 23.1 Å². The molecule has 0 heterocycles. The Labute approximate surface area is 223 Å². The smallest absolute Gasteiger partial charge is 0.243 e. The summed E-state index contributed by atoms with van der Waals surface area (Å²) in [5.41, 5.74) is 2.53. The number of rotatable bonds is 13. The Morgan fingerprint density at radius 2 is 1.59 bits per heavy atom. The van der Waals surface area contributed by atoms with Gasteiger partial charge in [-0.2, -0.15) is 0 Å². The average Bonchev–Trinajstić information content (AvgIpc) is 2.92. The van der Waals surface area contributed by atoms with Crippen molar-refractivity contribution >= 4 is 23.4 Å². The molecule has 0 unspecified atom stereocenters. The second kappa shape index (κ2) is 14.3. The maximum Gasteiger partial charge on any atom is 0.243 e. The van der Waals surface area contributed by atoms with Crippen molar-refractivity contribution in [2.24, 2.45) is 0 Å². The molecular weight excluding hydrogens is 492 g/mol. The summed E-state index contributed by atoms with van der Waals surface area (Å²) < 4.78 is 10.7. The molecule has 37 heavy (non-hydrogen) atoms. The molecule has 0 aliphatic heterocycles. The monoisotopic (exact) mass is 524 g/mol. The van der Waals surface area contributed by atoms with Crippen LogP contribution in [0.2, 0.25) is 5.02 Å². The molecule has 3 aromatic carbocycles. The minimum atomic E-state index is -0.760. The van der Waals surface area contributed by atoms with Crippen LogP contribution in [0.5, 0.6) is 11.5 Å². The minimum absolute atomic E-state index is 0.0314. The van der Waals surface area contributed by atoms with Crippen molar-refractivity contribution in [2.45, 2.75) is 31.8 Å². The molecule has 0 fully saturated rings. The van der Waals surface area contributed by atoms with Crippen LogP contribution in [0.25, 0.3) is 0 Å². The lowest BCUT2D eigenvalue weighted by molar-refractivity contribution is -0.140. The van der Waals surface area contributed by atoms with Gasteiger partial charge in [0, 0.05) is 31.1 Å². The first-order chi connectivity index (χ1) is 17.9. The molecule has 196 valence electrons. The predicted molar refractivity (Wildman–Crippen MR) is 144 cm³/mol. The van der Waals surface area contributed by atoms with Gasteiger partial charge in [-0.05, 0) is 47.4 Å². The fourth-order valence-corrected chi connectivity index (χ4v) is 4.14. The van der Waals surface area contributed by atoms with Gasteiger partial charge in [0.15, 0.2) is 11.5 Å². The first-order valence-corrected chi connectivity index (χ1v) is 12.5. The fraction of sp³-hybridized carbons (Fsp3) is 0.310. The number of nitrogens with zero attached hydrogens (tertiary/aromatic N) is 1. The number of hydrogen-bond acceptors (Lipinski definition) is 5. The van der Waals surface area contributed by atoms with Crippen LogP contribution >= 0.6 is 11.6 Å². The topological polar surface area (TPSA) is 88.1 Å². The first kappa shape index (κ1) is 28.0. The Morgan fingerprint density at radius 3 is 2.24 bits per heavy atom. The number of carbonyl (C=O) groups is 2. The van der Waals surface area contributed by atoms with Crippen molar-refractivity contribution in [3.8, 4) is 11.5 Å². The Bertz CT molecular complexity index is 1150. The average molecular weight is 525 g/mol. The number of halogens is 1. The third-order valence-electron chi connectivity index (χ3n) is 5.97. The third kappa shape index (κ3) is 8.23. The van der Waals surface area contributed by atoms with Gasteiger partial charge in [0.1, 0.15) is 6.04 Å². The van der Waals surface area contributed by atoms with Crippen LogP contribution < -0.4 is 14.8 Å². The van der Waals surface area contributed by atoms with Crippen molar-refractivity contribution < 1.29 is 24.2 Å². The highest BCUT2D eigenvalue weighted by atomic mass is 35.5. The van der Waals surface area contributed by atoms with Gasteiger partial charge in [0.25, 0.3) is 0 Å². The van der Waals surface area contributed by atoms with Gasteiger partial charge in [0.2, 0.25) is 11.8 Å². The summed E-state index contributed by atoms with van der Waals surface area (Å²) in [6.45, 7) is 0.518. The highest BCUT2D eigenvalue weighted by Gasteiger charge is 2.30. The van der Waals surface area contributed by atoms with E-state index in [-0.39, 0.29) is 31.4 Å². The highest BCUT2D eigenvalue weighted by Crippen LogP contribution is 2.28. The standard InChI is InChI=1S/C29H33ClN2O5/c1-36-26-14-11-23(18-27(26)37-2)19-28(34)32(20-22-9-12-24(30)13-10-22)25(29(35)31-15-6-16-33)17-21-7-4-3-5-8-21/h3-5,7-14,18,25,33H,6,15-17,19-20H2,1-2H3,(H,31,35)/t25-/m1/s1. The van der Waals surface area contributed by atoms with E-state index in [1.807, 2.05) is 48.5 Å². The van der Waals surface area contributed by atoms with E-state index in [0.29, 0.717) is 35.9 Å². The van der Waals surface area contributed by atoms with Crippen LogP contribution in [-0.4, -0.2) is 55.2 Å². The van der Waals surface area contributed by atoms with Crippen LogP contribution in [0.3, 0.4) is 0 Å². The number of nitrogens with one attached hydrogen (secondary N) is 1. The normalized spacial score (nSPS) is 11.5. The van der Waals surface area contributed by atoms with Crippen molar-refractivity contribution in [3.05, 3.63) is 94.5 Å². The lowest BCUT2D eigenvalue weighted by atomic mass is 10.0. The molecule has 0 aromatic heterocycles. The van der Waals surface area contributed by atoms with Gasteiger partial charge in [-0.3, -0.25) is 9.59 Å². The number of ether oxygens (including phenoxy) is 2. The second-order valence-electron chi connectivity index (χ2n) is 8.59. The molecule has 0 aliphatic carbocycles. The van der Waals surface area contributed by atoms with Crippen molar-refractivity contribution in [2.75, 3.05) is 27.4 Å². The predicted octanol–water partition coefficient (Wildman–Crippen LogP) is 4.04. The molecule has 7 nitrogen and oxygen atoms in total. The summed E-state index contributed by atoms with van der Waals surface area (Å²) in [7, 11) is 3.10. The number of hydrogen-bond donors (Lipinski definition) is 2.